The van der Waals surface area contributed by atoms with Crippen LogP contribution in [0, 0.1) is 0 Å². The Morgan fingerprint density at radius 1 is 1.56 bits per heavy atom. The molecule has 3 heteroatoms. The predicted molar refractivity (Wildman–Crippen MR) is 42.8 cm³/mol. The fraction of sp³-hybridized carbons (Fsp3) is 1.00. The van der Waals surface area contributed by atoms with Crippen molar-refractivity contribution < 1.29 is 4.43 Å². The highest BCUT2D eigenvalue weighted by atomic mass is 28.4. The maximum atomic E-state index is 5.54. The van der Waals surface area contributed by atoms with E-state index in [-0.39, 0.29) is 0 Å². The molecule has 0 aliphatic rings. The Bertz CT molecular complexity index is 73.5. The van der Waals surface area contributed by atoms with E-state index >= 15 is 0 Å². The Kier molecular flexibility index (Phi) is 4.09. The molecule has 2 nitrogen and oxygen atoms in total. The van der Waals surface area contributed by atoms with Crippen LogP contribution in [0.3, 0.4) is 0 Å². The molecule has 0 amide bonds. The molecule has 0 aromatic rings. The molecule has 2 N–H and O–H groups in total. The molecule has 0 aromatic carbocycles. The van der Waals surface area contributed by atoms with Crippen LogP contribution in [-0.4, -0.2) is 21.6 Å². The van der Waals surface area contributed by atoms with Crippen LogP contribution in [0.1, 0.15) is 13.3 Å². The molecular weight excluding hydrogens is 130 g/mol. The lowest BCUT2D eigenvalue weighted by atomic mass is 10.6. The van der Waals surface area contributed by atoms with Crippen LogP contribution in [0.5, 0.6) is 0 Å². The van der Waals surface area contributed by atoms with E-state index in [2.05, 4.69) is 13.5 Å². The largest absolute Gasteiger partial charge is 0.419 e. The molecule has 0 fully saturated rings. The van der Waals surface area contributed by atoms with Crippen molar-refractivity contribution in [3.8, 4) is 0 Å². The average molecular weight is 147 g/mol. The van der Waals surface area contributed by atoms with E-state index in [1.165, 1.54) is 12.5 Å². The summed E-state index contributed by atoms with van der Waals surface area (Å²) in [4.78, 5) is 0. The molecule has 0 spiro atoms. The lowest BCUT2D eigenvalue weighted by Crippen LogP contribution is -2.42. The molecule has 0 saturated heterocycles. The first kappa shape index (κ1) is 9.14. The molecular formula is C6H17NOSi. The van der Waals surface area contributed by atoms with E-state index in [4.69, 9.17) is 10.2 Å². The van der Waals surface area contributed by atoms with Gasteiger partial charge in [0.05, 0.1) is 0 Å². The predicted octanol–water partition coefficient (Wildman–Crippen LogP) is 1.12. The third kappa shape index (κ3) is 2.98. The van der Waals surface area contributed by atoms with Crippen molar-refractivity contribution in [1.82, 2.24) is 0 Å². The van der Waals surface area contributed by atoms with Crippen LogP contribution < -0.4 is 5.73 Å². The van der Waals surface area contributed by atoms with Crippen molar-refractivity contribution >= 4 is 8.32 Å². The minimum atomic E-state index is -1.42. The minimum Gasteiger partial charge on any atom is -0.419 e. The summed E-state index contributed by atoms with van der Waals surface area (Å²) in [6.07, 6.45) is 1.94. The van der Waals surface area contributed by atoms with Crippen LogP contribution in [0.25, 0.3) is 0 Å². The highest BCUT2D eigenvalue weighted by Crippen LogP contribution is 2.09. The van der Waals surface area contributed by atoms with Gasteiger partial charge in [-0.25, -0.2) is 0 Å². The van der Waals surface area contributed by atoms with Crippen molar-refractivity contribution in [1.29, 1.82) is 0 Å². The van der Waals surface area contributed by atoms with Crippen LogP contribution in [0.2, 0.25) is 12.6 Å². The van der Waals surface area contributed by atoms with Gasteiger partial charge in [0.15, 0.2) is 0 Å². The summed E-state index contributed by atoms with van der Waals surface area (Å²) in [7, 11) is 0.353. The Balaban J connectivity index is 3.62. The summed E-state index contributed by atoms with van der Waals surface area (Å²) >= 11 is 0. The van der Waals surface area contributed by atoms with E-state index in [0.717, 1.165) is 6.17 Å². The first-order valence-corrected chi connectivity index (χ1v) is 6.26. The van der Waals surface area contributed by atoms with Crippen molar-refractivity contribution in [2.45, 2.75) is 25.9 Å². The molecule has 0 bridgehead atoms. The molecule has 0 aromatic heterocycles. The third-order valence-corrected chi connectivity index (χ3v) is 5.11. The molecule has 1 atom stereocenters. The average Bonchev–Trinajstić information content (AvgIpc) is 1.89. The zero-order valence-corrected chi connectivity index (χ0v) is 7.61. The highest BCUT2D eigenvalue weighted by molar-refractivity contribution is 6.72. The normalized spacial score (nSPS) is 17.3. The lowest BCUT2D eigenvalue weighted by Gasteiger charge is -2.21. The molecule has 0 saturated carbocycles. The SMILES string of the molecule is CCC[Si](C)(CN)OC. The summed E-state index contributed by atoms with van der Waals surface area (Å²) < 4.78 is 5.34. The smallest absolute Gasteiger partial charge is 0.202 e. The van der Waals surface area contributed by atoms with Gasteiger partial charge in [0, 0.05) is 13.3 Å². The van der Waals surface area contributed by atoms with Gasteiger partial charge in [0.25, 0.3) is 0 Å². The second-order valence-electron chi connectivity index (χ2n) is 2.61. The van der Waals surface area contributed by atoms with Gasteiger partial charge in [0.1, 0.15) is 0 Å². The Labute approximate surface area is 58.5 Å². The second-order valence-corrected chi connectivity index (χ2v) is 6.82. The standard InChI is InChI=1S/C6H17NOSi/c1-4-5-9(3,6-7)8-2/h4-7H2,1-3H3. The number of hydrogen-bond donors (Lipinski definition) is 1. The molecule has 0 heterocycles. The van der Waals surface area contributed by atoms with Gasteiger partial charge >= 0.3 is 0 Å². The fourth-order valence-corrected chi connectivity index (χ4v) is 2.45. The van der Waals surface area contributed by atoms with Gasteiger partial charge in [-0.05, 0) is 12.6 Å². The zero-order valence-electron chi connectivity index (χ0n) is 6.61. The highest BCUT2D eigenvalue weighted by Gasteiger charge is 2.23. The van der Waals surface area contributed by atoms with Gasteiger partial charge in [-0.1, -0.05) is 13.3 Å². The lowest BCUT2D eigenvalue weighted by molar-refractivity contribution is 0.397. The number of hydrogen-bond acceptors (Lipinski definition) is 2. The van der Waals surface area contributed by atoms with Crippen LogP contribution in [-0.2, 0) is 4.43 Å². The molecule has 9 heavy (non-hydrogen) atoms. The van der Waals surface area contributed by atoms with Crippen molar-refractivity contribution in [3.05, 3.63) is 0 Å². The van der Waals surface area contributed by atoms with E-state index in [0.29, 0.717) is 0 Å². The molecule has 0 aliphatic carbocycles. The first-order chi connectivity index (χ1) is 4.18. The summed E-state index contributed by atoms with van der Waals surface area (Å²) in [5.41, 5.74) is 5.54. The maximum Gasteiger partial charge on any atom is 0.202 e. The van der Waals surface area contributed by atoms with Gasteiger partial charge in [-0.15, -0.1) is 0 Å². The summed E-state index contributed by atoms with van der Waals surface area (Å²) in [5.74, 6) is 0. The first-order valence-electron chi connectivity index (χ1n) is 3.43. The van der Waals surface area contributed by atoms with Crippen LogP contribution in [0.4, 0.5) is 0 Å². The molecule has 0 rings (SSSR count). The molecule has 1 unspecified atom stereocenters. The Morgan fingerprint density at radius 3 is 2.22 bits per heavy atom. The molecule has 0 radical (unpaired) electrons. The van der Waals surface area contributed by atoms with Gasteiger partial charge in [-0.3, -0.25) is 0 Å². The summed E-state index contributed by atoms with van der Waals surface area (Å²) in [5, 5.41) is 0. The van der Waals surface area contributed by atoms with E-state index in [9.17, 15) is 0 Å². The van der Waals surface area contributed by atoms with Crippen molar-refractivity contribution in [3.63, 3.8) is 0 Å². The van der Waals surface area contributed by atoms with Gasteiger partial charge in [0.2, 0.25) is 8.32 Å². The van der Waals surface area contributed by atoms with Crippen molar-refractivity contribution in [2.24, 2.45) is 5.73 Å². The number of nitrogens with two attached hydrogens (primary N) is 1. The molecule has 56 valence electrons. The van der Waals surface area contributed by atoms with Crippen molar-refractivity contribution in [2.75, 3.05) is 13.3 Å². The third-order valence-electron chi connectivity index (χ3n) is 1.70. The van der Waals surface area contributed by atoms with Gasteiger partial charge < -0.3 is 10.2 Å². The zero-order chi connectivity index (χ0) is 7.33. The summed E-state index contributed by atoms with van der Waals surface area (Å²) in [6.45, 7) is 4.34. The number of rotatable bonds is 4. The molecule has 0 aliphatic heterocycles. The Morgan fingerprint density at radius 2 is 2.11 bits per heavy atom. The Hall–Kier alpha value is 0.137. The van der Waals surface area contributed by atoms with Crippen LogP contribution >= 0.6 is 0 Å². The topological polar surface area (TPSA) is 35.2 Å². The van der Waals surface area contributed by atoms with E-state index in [1.54, 1.807) is 7.11 Å². The minimum absolute atomic E-state index is 0.747. The van der Waals surface area contributed by atoms with Crippen LogP contribution in [0.15, 0.2) is 0 Å². The van der Waals surface area contributed by atoms with E-state index in [1.807, 2.05) is 0 Å². The van der Waals surface area contributed by atoms with Gasteiger partial charge in [-0.2, -0.15) is 0 Å². The second kappa shape index (κ2) is 4.03. The maximum absolute atomic E-state index is 5.54. The monoisotopic (exact) mass is 147 g/mol. The summed E-state index contributed by atoms with van der Waals surface area (Å²) in [6, 6.07) is 1.18. The quantitative estimate of drug-likeness (QED) is 0.605. The van der Waals surface area contributed by atoms with E-state index < -0.39 is 8.32 Å². The fourth-order valence-electron chi connectivity index (χ4n) is 0.816.